The van der Waals surface area contributed by atoms with Gasteiger partial charge in [0.05, 0.1) is 15.9 Å². The number of carboxylic acids is 1. The highest BCUT2D eigenvalue weighted by atomic mass is 32.1. The molecule has 2 aromatic heterocycles. The van der Waals surface area contributed by atoms with Gasteiger partial charge in [0.1, 0.15) is 16.3 Å². The van der Waals surface area contributed by atoms with Crippen LogP contribution >= 0.6 is 11.3 Å². The fourth-order valence-corrected chi connectivity index (χ4v) is 3.65. The molecule has 2 heterocycles. The fourth-order valence-electron chi connectivity index (χ4n) is 2.67. The van der Waals surface area contributed by atoms with Gasteiger partial charge in [-0.05, 0) is 36.4 Å². The summed E-state index contributed by atoms with van der Waals surface area (Å²) in [6, 6.07) is 15.2. The Morgan fingerprint density at radius 2 is 1.81 bits per heavy atom. The van der Waals surface area contributed by atoms with Crippen molar-refractivity contribution in [3.05, 3.63) is 76.6 Å². The lowest BCUT2D eigenvalue weighted by Crippen LogP contribution is -2.18. The maximum Gasteiger partial charge on any atom is 0.341 e. The van der Waals surface area contributed by atoms with Crippen molar-refractivity contribution in [3.63, 3.8) is 0 Å². The highest BCUT2D eigenvalue weighted by molar-refractivity contribution is 7.21. The number of thiazole rings is 1. The minimum Gasteiger partial charge on any atom is -0.508 e. The molecule has 0 unspecified atom stereocenters. The van der Waals surface area contributed by atoms with Gasteiger partial charge in [-0.2, -0.15) is 0 Å². The molecule has 0 fully saturated rings. The third-order valence-electron chi connectivity index (χ3n) is 3.92. The largest absolute Gasteiger partial charge is 0.508 e. The molecule has 0 radical (unpaired) electrons. The van der Waals surface area contributed by atoms with Crippen LogP contribution < -0.4 is 5.43 Å². The molecule has 2 aromatic carbocycles. The monoisotopic (exact) mass is 364 g/mol. The Morgan fingerprint density at radius 3 is 2.50 bits per heavy atom. The Bertz CT molecular complexity index is 1160. The lowest BCUT2D eigenvalue weighted by atomic mass is 10.2. The lowest BCUT2D eigenvalue weighted by Gasteiger charge is -2.13. The van der Waals surface area contributed by atoms with Crippen molar-refractivity contribution in [2.24, 2.45) is 0 Å². The van der Waals surface area contributed by atoms with Gasteiger partial charge in [0.15, 0.2) is 5.43 Å². The number of pyridine rings is 1. The molecule has 7 heteroatoms. The smallest absolute Gasteiger partial charge is 0.341 e. The van der Waals surface area contributed by atoms with Crippen LogP contribution in [0.25, 0.3) is 26.6 Å². The van der Waals surface area contributed by atoms with Crippen molar-refractivity contribution in [2.75, 3.05) is 0 Å². The number of carboxylic acid groups (broad SMARTS) is 1. The van der Waals surface area contributed by atoms with Gasteiger partial charge in [0, 0.05) is 18.0 Å². The Morgan fingerprint density at radius 1 is 1.08 bits per heavy atom. The van der Waals surface area contributed by atoms with Crippen LogP contribution in [0.15, 0.2) is 65.6 Å². The Hall–Kier alpha value is -3.45. The number of aromatic nitrogens is 2. The number of aromatic carboxylic acids is 1. The number of para-hydroxylation sites is 1. The average molecular weight is 364 g/mol. The van der Waals surface area contributed by atoms with Crippen LogP contribution in [0.1, 0.15) is 10.4 Å². The first kappa shape index (κ1) is 16.0. The van der Waals surface area contributed by atoms with Gasteiger partial charge in [-0.25, -0.2) is 9.78 Å². The van der Waals surface area contributed by atoms with E-state index in [2.05, 4.69) is 4.98 Å². The van der Waals surface area contributed by atoms with E-state index in [0.717, 1.165) is 10.2 Å². The molecule has 0 atom stereocenters. The standard InChI is InChI=1S/C19H12N2O4S/c22-12-7-5-11(6-8-12)21-10-13(19(24)25)16(23)9-15(21)18-20-14-3-1-2-4-17(14)26-18/h1-10,22H,(H,24,25). The number of hydrogen-bond donors (Lipinski definition) is 2. The summed E-state index contributed by atoms with van der Waals surface area (Å²) in [7, 11) is 0. The molecule has 0 spiro atoms. The second kappa shape index (κ2) is 6.12. The van der Waals surface area contributed by atoms with Crippen molar-refractivity contribution in [1.29, 1.82) is 0 Å². The van der Waals surface area contributed by atoms with E-state index in [0.29, 0.717) is 16.4 Å². The van der Waals surface area contributed by atoms with Crippen LogP contribution in [-0.4, -0.2) is 25.7 Å². The third kappa shape index (κ3) is 2.74. The number of fused-ring (bicyclic) bond motifs is 1. The van der Waals surface area contributed by atoms with E-state index < -0.39 is 11.4 Å². The Kier molecular flexibility index (Phi) is 3.78. The normalized spacial score (nSPS) is 10.9. The molecule has 0 saturated carbocycles. The number of phenolic OH excluding ortho intramolecular Hbond substituents is 1. The molecule has 0 aliphatic rings. The van der Waals surface area contributed by atoms with Crippen molar-refractivity contribution >= 4 is 27.5 Å². The summed E-state index contributed by atoms with van der Waals surface area (Å²) in [5.41, 5.74) is 0.996. The topological polar surface area (TPSA) is 92.4 Å². The fraction of sp³-hybridized carbons (Fsp3) is 0. The van der Waals surface area contributed by atoms with Crippen molar-refractivity contribution in [1.82, 2.24) is 9.55 Å². The average Bonchev–Trinajstić information content (AvgIpc) is 3.06. The summed E-state index contributed by atoms with van der Waals surface area (Å²) in [4.78, 5) is 28.2. The predicted molar refractivity (Wildman–Crippen MR) is 99.3 cm³/mol. The molecule has 0 amide bonds. The molecule has 0 aliphatic carbocycles. The van der Waals surface area contributed by atoms with Crippen molar-refractivity contribution in [3.8, 4) is 22.1 Å². The zero-order valence-corrected chi connectivity index (χ0v) is 14.1. The second-order valence-corrected chi connectivity index (χ2v) is 6.65. The summed E-state index contributed by atoms with van der Waals surface area (Å²) in [6.07, 6.45) is 1.29. The van der Waals surface area contributed by atoms with Crippen molar-refractivity contribution < 1.29 is 15.0 Å². The molecule has 128 valence electrons. The van der Waals surface area contributed by atoms with Gasteiger partial charge in [0.25, 0.3) is 0 Å². The zero-order chi connectivity index (χ0) is 18.3. The number of aromatic hydroxyl groups is 1. The number of rotatable bonds is 3. The van der Waals surface area contributed by atoms with Gasteiger partial charge in [-0.1, -0.05) is 12.1 Å². The van der Waals surface area contributed by atoms with Crippen LogP contribution in [-0.2, 0) is 0 Å². The first-order valence-corrected chi connectivity index (χ1v) is 8.50. The van der Waals surface area contributed by atoms with E-state index in [1.54, 1.807) is 16.7 Å². The summed E-state index contributed by atoms with van der Waals surface area (Å²) >= 11 is 1.42. The summed E-state index contributed by atoms with van der Waals surface area (Å²) in [5, 5.41) is 19.4. The van der Waals surface area contributed by atoms with Gasteiger partial charge in [-0.3, -0.25) is 4.79 Å². The number of benzene rings is 2. The molecule has 0 bridgehead atoms. The number of phenols is 1. The minimum atomic E-state index is -1.29. The summed E-state index contributed by atoms with van der Waals surface area (Å²) in [5.74, 6) is -1.20. The summed E-state index contributed by atoms with van der Waals surface area (Å²) < 4.78 is 2.57. The van der Waals surface area contributed by atoms with Crippen LogP contribution in [0.2, 0.25) is 0 Å². The third-order valence-corrected chi connectivity index (χ3v) is 4.98. The Labute approximate surface area is 151 Å². The SMILES string of the molecule is O=C(O)c1cn(-c2ccc(O)cc2)c(-c2nc3ccccc3s2)cc1=O. The van der Waals surface area contributed by atoms with Crippen LogP contribution in [0, 0.1) is 0 Å². The van der Waals surface area contributed by atoms with E-state index in [4.69, 9.17) is 0 Å². The zero-order valence-electron chi connectivity index (χ0n) is 13.3. The van der Waals surface area contributed by atoms with Gasteiger partial charge in [-0.15, -0.1) is 11.3 Å². The number of nitrogens with zero attached hydrogens (tertiary/aromatic N) is 2. The van der Waals surface area contributed by atoms with Gasteiger partial charge in [0.2, 0.25) is 0 Å². The molecule has 0 saturated heterocycles. The minimum absolute atomic E-state index is 0.0924. The highest BCUT2D eigenvalue weighted by Gasteiger charge is 2.17. The molecular formula is C19H12N2O4S. The predicted octanol–water partition coefficient (Wildman–Crippen LogP) is 3.52. The molecular weight excluding hydrogens is 352 g/mol. The lowest BCUT2D eigenvalue weighted by molar-refractivity contribution is 0.0695. The molecule has 4 aromatic rings. The van der Waals surface area contributed by atoms with Gasteiger partial charge >= 0.3 is 5.97 Å². The highest BCUT2D eigenvalue weighted by Crippen LogP contribution is 2.31. The molecule has 6 nitrogen and oxygen atoms in total. The second-order valence-electron chi connectivity index (χ2n) is 5.61. The molecule has 26 heavy (non-hydrogen) atoms. The molecule has 2 N–H and O–H groups in total. The number of carbonyl (C=O) groups is 1. The van der Waals surface area contributed by atoms with Gasteiger partial charge < -0.3 is 14.8 Å². The van der Waals surface area contributed by atoms with E-state index in [1.165, 1.54) is 35.7 Å². The first-order valence-electron chi connectivity index (χ1n) is 7.68. The van der Waals surface area contributed by atoms with E-state index in [-0.39, 0.29) is 11.3 Å². The first-order chi connectivity index (χ1) is 12.5. The summed E-state index contributed by atoms with van der Waals surface area (Å²) in [6.45, 7) is 0. The van der Waals surface area contributed by atoms with E-state index >= 15 is 0 Å². The number of hydrogen-bond acceptors (Lipinski definition) is 5. The van der Waals surface area contributed by atoms with E-state index in [1.807, 2.05) is 24.3 Å². The van der Waals surface area contributed by atoms with Crippen molar-refractivity contribution in [2.45, 2.75) is 0 Å². The molecule has 0 aliphatic heterocycles. The maximum absolute atomic E-state index is 12.3. The quantitative estimate of drug-likeness (QED) is 0.580. The Balaban J connectivity index is 2.00. The van der Waals surface area contributed by atoms with E-state index in [9.17, 15) is 19.8 Å². The van der Waals surface area contributed by atoms with Crippen LogP contribution in [0.3, 0.4) is 0 Å². The van der Waals surface area contributed by atoms with Crippen LogP contribution in [0.5, 0.6) is 5.75 Å². The van der Waals surface area contributed by atoms with Crippen LogP contribution in [0.4, 0.5) is 0 Å². The molecule has 4 rings (SSSR count). The maximum atomic E-state index is 12.3.